The maximum atomic E-state index is 14.3. The van der Waals surface area contributed by atoms with Gasteiger partial charge in [-0.2, -0.15) is 5.10 Å². The number of rotatable bonds is 5. The van der Waals surface area contributed by atoms with Gasteiger partial charge in [0, 0.05) is 33.0 Å². The second-order valence-electron chi connectivity index (χ2n) is 5.33. The van der Waals surface area contributed by atoms with Crippen molar-refractivity contribution in [1.82, 2.24) is 34.9 Å². The molecule has 10 heteroatoms. The SMILES string of the molecule is CN=C(NCc1ccc(-n2ccnc2)c(F)c1)NCc1ncnn1C.I. The van der Waals surface area contributed by atoms with Crippen molar-refractivity contribution < 1.29 is 4.39 Å². The molecule has 3 rings (SSSR count). The van der Waals surface area contributed by atoms with Gasteiger partial charge in [-0.25, -0.2) is 14.4 Å². The molecule has 2 heterocycles. The van der Waals surface area contributed by atoms with E-state index in [1.54, 1.807) is 41.1 Å². The number of guanidine groups is 1. The molecule has 0 aliphatic heterocycles. The first-order chi connectivity index (χ1) is 12.2. The van der Waals surface area contributed by atoms with Gasteiger partial charge in [0.2, 0.25) is 0 Å². The second-order valence-corrected chi connectivity index (χ2v) is 5.33. The van der Waals surface area contributed by atoms with E-state index in [1.165, 1.54) is 12.4 Å². The fourth-order valence-corrected chi connectivity index (χ4v) is 2.32. The van der Waals surface area contributed by atoms with Crippen LogP contribution >= 0.6 is 24.0 Å². The van der Waals surface area contributed by atoms with Gasteiger partial charge < -0.3 is 15.2 Å². The average molecular weight is 470 g/mol. The van der Waals surface area contributed by atoms with Crippen LogP contribution in [0.5, 0.6) is 0 Å². The van der Waals surface area contributed by atoms with Crippen molar-refractivity contribution in [2.24, 2.45) is 12.0 Å². The predicted molar refractivity (Wildman–Crippen MR) is 107 cm³/mol. The molecule has 0 spiro atoms. The molecule has 26 heavy (non-hydrogen) atoms. The van der Waals surface area contributed by atoms with Crippen LogP contribution in [0.4, 0.5) is 4.39 Å². The molecule has 0 fully saturated rings. The number of benzene rings is 1. The lowest BCUT2D eigenvalue weighted by Gasteiger charge is -2.12. The second kappa shape index (κ2) is 9.27. The standard InChI is InChI=1S/C16H19FN8.HI/c1-18-16(21-9-15-22-10-23-24(15)2)20-8-12-3-4-14(13(17)7-12)25-6-5-19-11-25;/h3-7,10-11H,8-9H2,1-2H3,(H2,18,20,21);1H. The summed E-state index contributed by atoms with van der Waals surface area (Å²) in [5, 5.41) is 10.3. The summed E-state index contributed by atoms with van der Waals surface area (Å²) < 4.78 is 17.6. The quantitative estimate of drug-likeness (QED) is 0.337. The van der Waals surface area contributed by atoms with E-state index in [9.17, 15) is 4.39 Å². The zero-order valence-corrected chi connectivity index (χ0v) is 16.8. The van der Waals surface area contributed by atoms with Crippen LogP contribution in [-0.2, 0) is 20.1 Å². The monoisotopic (exact) mass is 470 g/mol. The fourth-order valence-electron chi connectivity index (χ4n) is 2.32. The van der Waals surface area contributed by atoms with E-state index in [-0.39, 0.29) is 29.8 Å². The van der Waals surface area contributed by atoms with Crippen LogP contribution in [0.2, 0.25) is 0 Å². The van der Waals surface area contributed by atoms with Gasteiger partial charge in [-0.3, -0.25) is 9.67 Å². The molecule has 0 unspecified atom stereocenters. The minimum atomic E-state index is -0.306. The van der Waals surface area contributed by atoms with Gasteiger partial charge in [0.25, 0.3) is 0 Å². The summed E-state index contributed by atoms with van der Waals surface area (Å²) in [7, 11) is 3.50. The Labute approximate surface area is 167 Å². The molecule has 0 atom stereocenters. The van der Waals surface area contributed by atoms with Gasteiger partial charge in [0.15, 0.2) is 5.96 Å². The Morgan fingerprint density at radius 3 is 2.69 bits per heavy atom. The summed E-state index contributed by atoms with van der Waals surface area (Å²) in [6.45, 7) is 0.934. The zero-order valence-electron chi connectivity index (χ0n) is 14.4. The van der Waals surface area contributed by atoms with E-state index in [1.807, 2.05) is 13.1 Å². The lowest BCUT2D eigenvalue weighted by molar-refractivity contribution is 0.614. The summed E-state index contributed by atoms with van der Waals surface area (Å²) in [4.78, 5) is 12.2. The minimum absolute atomic E-state index is 0. The molecule has 138 valence electrons. The van der Waals surface area contributed by atoms with E-state index in [4.69, 9.17) is 0 Å². The largest absolute Gasteiger partial charge is 0.352 e. The Bertz CT molecular complexity index is 859. The lowest BCUT2D eigenvalue weighted by Crippen LogP contribution is -2.37. The Balaban J connectivity index is 0.00000243. The summed E-state index contributed by atoms with van der Waals surface area (Å²) in [6, 6.07) is 5.09. The molecule has 0 bridgehead atoms. The van der Waals surface area contributed by atoms with Gasteiger partial charge in [0.05, 0.1) is 18.6 Å². The van der Waals surface area contributed by atoms with Crippen molar-refractivity contribution >= 4 is 29.9 Å². The summed E-state index contributed by atoms with van der Waals surface area (Å²) >= 11 is 0. The van der Waals surface area contributed by atoms with Crippen molar-refractivity contribution in [1.29, 1.82) is 0 Å². The highest BCUT2D eigenvalue weighted by molar-refractivity contribution is 14.0. The van der Waals surface area contributed by atoms with Gasteiger partial charge in [-0.1, -0.05) is 6.07 Å². The third-order valence-corrected chi connectivity index (χ3v) is 3.70. The Kier molecular flexibility index (Phi) is 7.06. The zero-order chi connectivity index (χ0) is 17.6. The molecule has 0 saturated carbocycles. The molecule has 0 aliphatic rings. The van der Waals surface area contributed by atoms with Crippen molar-refractivity contribution in [3.63, 3.8) is 0 Å². The van der Waals surface area contributed by atoms with Crippen LogP contribution in [0.1, 0.15) is 11.4 Å². The van der Waals surface area contributed by atoms with Crippen LogP contribution in [0.25, 0.3) is 5.69 Å². The van der Waals surface area contributed by atoms with Crippen molar-refractivity contribution in [3.8, 4) is 5.69 Å². The number of halogens is 2. The Morgan fingerprint density at radius 1 is 1.27 bits per heavy atom. The van der Waals surface area contributed by atoms with E-state index in [2.05, 4.69) is 30.7 Å². The molecule has 1 aromatic carbocycles. The lowest BCUT2D eigenvalue weighted by atomic mass is 10.2. The van der Waals surface area contributed by atoms with E-state index >= 15 is 0 Å². The number of aryl methyl sites for hydroxylation is 1. The number of imidazole rings is 1. The predicted octanol–water partition coefficient (Wildman–Crippen LogP) is 1.62. The number of hydrogen-bond donors (Lipinski definition) is 2. The summed E-state index contributed by atoms with van der Waals surface area (Å²) in [6.07, 6.45) is 6.38. The van der Waals surface area contributed by atoms with Crippen molar-refractivity contribution in [2.45, 2.75) is 13.1 Å². The first-order valence-corrected chi connectivity index (χ1v) is 7.71. The highest BCUT2D eigenvalue weighted by Crippen LogP contribution is 2.14. The molecule has 0 saturated heterocycles. The van der Waals surface area contributed by atoms with Crippen molar-refractivity contribution in [2.75, 3.05) is 7.05 Å². The van der Waals surface area contributed by atoms with Gasteiger partial charge in [-0.05, 0) is 17.7 Å². The normalized spacial score (nSPS) is 11.1. The number of aliphatic imine (C=N–C) groups is 1. The summed E-state index contributed by atoms with van der Waals surface area (Å²) in [5.41, 5.74) is 1.27. The van der Waals surface area contributed by atoms with Crippen LogP contribution < -0.4 is 10.6 Å². The molecule has 0 aliphatic carbocycles. The molecular formula is C16H20FIN8. The maximum Gasteiger partial charge on any atom is 0.191 e. The maximum absolute atomic E-state index is 14.3. The highest BCUT2D eigenvalue weighted by Gasteiger charge is 2.07. The first-order valence-electron chi connectivity index (χ1n) is 7.71. The smallest absolute Gasteiger partial charge is 0.191 e. The molecule has 0 radical (unpaired) electrons. The van der Waals surface area contributed by atoms with Crippen LogP contribution in [0.15, 0.2) is 48.2 Å². The van der Waals surface area contributed by atoms with Gasteiger partial charge in [0.1, 0.15) is 18.0 Å². The topological polar surface area (TPSA) is 84.9 Å². The molecule has 3 aromatic rings. The Hall–Kier alpha value is -2.50. The van der Waals surface area contributed by atoms with Crippen molar-refractivity contribution in [3.05, 3.63) is 60.5 Å². The third kappa shape index (κ3) is 4.77. The van der Waals surface area contributed by atoms with Gasteiger partial charge in [-0.15, -0.1) is 24.0 Å². The van der Waals surface area contributed by atoms with Crippen LogP contribution in [0.3, 0.4) is 0 Å². The molecular weight excluding hydrogens is 450 g/mol. The number of nitrogens with zero attached hydrogens (tertiary/aromatic N) is 6. The fraction of sp³-hybridized carbons (Fsp3) is 0.250. The molecule has 2 aromatic heterocycles. The molecule has 0 amide bonds. The van der Waals surface area contributed by atoms with E-state index in [0.29, 0.717) is 24.7 Å². The van der Waals surface area contributed by atoms with E-state index in [0.717, 1.165) is 11.4 Å². The Morgan fingerprint density at radius 2 is 2.08 bits per heavy atom. The third-order valence-electron chi connectivity index (χ3n) is 3.70. The van der Waals surface area contributed by atoms with Gasteiger partial charge >= 0.3 is 0 Å². The first kappa shape index (κ1) is 19.8. The van der Waals surface area contributed by atoms with E-state index < -0.39 is 0 Å². The summed E-state index contributed by atoms with van der Waals surface area (Å²) in [5.74, 6) is 1.08. The van der Waals surface area contributed by atoms with Crippen LogP contribution in [-0.4, -0.2) is 37.3 Å². The van der Waals surface area contributed by atoms with Crippen LogP contribution in [0, 0.1) is 5.82 Å². The number of nitrogens with one attached hydrogen (secondary N) is 2. The highest BCUT2D eigenvalue weighted by atomic mass is 127. The minimum Gasteiger partial charge on any atom is -0.352 e. The number of hydrogen-bond acceptors (Lipinski definition) is 4. The average Bonchev–Trinajstić information content (AvgIpc) is 3.27. The molecule has 2 N–H and O–H groups in total. The number of aromatic nitrogens is 5. The molecule has 8 nitrogen and oxygen atoms in total.